The smallest absolute Gasteiger partial charge is 0.283 e. The average Bonchev–Trinajstić information content (AvgIpc) is 3.44. The lowest BCUT2D eigenvalue weighted by molar-refractivity contribution is -0.0862. The van der Waals surface area contributed by atoms with Gasteiger partial charge in [-0.2, -0.15) is 0 Å². The van der Waals surface area contributed by atoms with Gasteiger partial charge in [-0.3, -0.25) is 9.29 Å². The van der Waals surface area contributed by atoms with Crippen molar-refractivity contribution in [1.82, 2.24) is 9.80 Å². The Bertz CT molecular complexity index is 1140. The number of benzene rings is 2. The molecule has 36 heavy (non-hydrogen) atoms. The Kier molecular flexibility index (Phi) is 6.60. The van der Waals surface area contributed by atoms with E-state index in [0.717, 1.165) is 48.4 Å². The van der Waals surface area contributed by atoms with Crippen LogP contribution in [0.1, 0.15) is 45.2 Å². The fraction of sp³-hybridized carbons (Fsp3) is 0.556. The first-order valence-corrected chi connectivity index (χ1v) is 12.5. The molecule has 3 aliphatic rings. The Morgan fingerprint density at radius 1 is 1.19 bits per heavy atom. The minimum Gasteiger partial charge on any atom is -0.454 e. The van der Waals surface area contributed by atoms with Crippen molar-refractivity contribution in [1.29, 1.82) is 0 Å². The fourth-order valence-corrected chi connectivity index (χ4v) is 5.56. The fourth-order valence-electron chi connectivity index (χ4n) is 5.56. The van der Waals surface area contributed by atoms with E-state index in [2.05, 4.69) is 10.2 Å². The van der Waals surface area contributed by atoms with E-state index in [1.165, 1.54) is 0 Å². The van der Waals surface area contributed by atoms with Crippen molar-refractivity contribution in [3.05, 3.63) is 53.1 Å². The summed E-state index contributed by atoms with van der Waals surface area (Å²) in [4.78, 5) is 3.94. The van der Waals surface area contributed by atoms with Crippen LogP contribution in [0, 0.1) is 0 Å². The van der Waals surface area contributed by atoms with Crippen LogP contribution in [-0.2, 0) is 6.42 Å². The Hall–Kier alpha value is -2.49. The van der Waals surface area contributed by atoms with Gasteiger partial charge in [0.25, 0.3) is 5.92 Å². The normalized spacial score (nSPS) is 26.4. The highest BCUT2D eigenvalue weighted by atomic mass is 19.3. The van der Waals surface area contributed by atoms with E-state index in [1.807, 2.05) is 31.2 Å². The Morgan fingerprint density at radius 3 is 2.67 bits per heavy atom. The standard InChI is InChI=1S/C27H34F3N3O3/c1-18-11-20-12-24-25(36-17-35-24)13-23(20)26(33(18)15-27(29,30)16-34)19-3-5-21(6-4-19)31-22-7-10-32(14-22)9-2-8-28/h3-6,12-13,18,22,26,31,34H,2,7-11,14-17H2,1H3/t18-,22+,26-/m1/s1/i17D2. The van der Waals surface area contributed by atoms with Crippen LogP contribution in [0.5, 0.6) is 11.5 Å². The highest BCUT2D eigenvalue weighted by molar-refractivity contribution is 5.54. The van der Waals surface area contributed by atoms with Gasteiger partial charge in [0, 0.05) is 37.4 Å². The van der Waals surface area contributed by atoms with Gasteiger partial charge in [-0.15, -0.1) is 0 Å². The molecule has 0 bridgehead atoms. The molecule has 0 radical (unpaired) electrons. The van der Waals surface area contributed by atoms with Crippen LogP contribution in [0.4, 0.5) is 18.9 Å². The summed E-state index contributed by atoms with van der Waals surface area (Å²) in [6.45, 7) is -0.0699. The first-order chi connectivity index (χ1) is 18.1. The van der Waals surface area contributed by atoms with Crippen molar-refractivity contribution in [3.63, 3.8) is 0 Å². The van der Waals surface area contributed by atoms with Crippen LogP contribution in [0.15, 0.2) is 36.4 Å². The first kappa shape index (κ1) is 22.7. The number of nitrogens with one attached hydrogen (secondary N) is 1. The maximum absolute atomic E-state index is 14.5. The molecule has 1 saturated heterocycles. The molecule has 6 nitrogen and oxygen atoms in total. The monoisotopic (exact) mass is 507 g/mol. The molecule has 5 rings (SSSR count). The lowest BCUT2D eigenvalue weighted by Gasteiger charge is -2.43. The van der Waals surface area contributed by atoms with E-state index in [4.69, 9.17) is 12.2 Å². The Balaban J connectivity index is 1.42. The molecule has 0 unspecified atom stereocenters. The van der Waals surface area contributed by atoms with Gasteiger partial charge in [0.15, 0.2) is 11.5 Å². The zero-order chi connectivity index (χ0) is 27.1. The molecular formula is C27H34F3N3O3. The molecule has 3 atom stereocenters. The molecule has 0 spiro atoms. The molecule has 9 heteroatoms. The minimum atomic E-state index is -3.28. The van der Waals surface area contributed by atoms with Crippen molar-refractivity contribution in [2.24, 2.45) is 0 Å². The lowest BCUT2D eigenvalue weighted by Crippen LogP contribution is -2.49. The molecule has 1 fully saturated rings. The van der Waals surface area contributed by atoms with Crippen LogP contribution >= 0.6 is 0 Å². The maximum Gasteiger partial charge on any atom is 0.283 e. The number of rotatable bonds is 9. The van der Waals surface area contributed by atoms with E-state index in [0.29, 0.717) is 18.6 Å². The van der Waals surface area contributed by atoms with Crippen molar-refractivity contribution >= 4 is 5.69 Å². The number of likely N-dealkylation sites (tertiary alicyclic amines) is 1. The summed E-state index contributed by atoms with van der Waals surface area (Å²) >= 11 is 0. The Morgan fingerprint density at radius 2 is 1.94 bits per heavy atom. The summed E-state index contributed by atoms with van der Waals surface area (Å²) in [7, 11) is 0. The van der Waals surface area contributed by atoms with Gasteiger partial charge in [-0.1, -0.05) is 12.1 Å². The number of nitrogens with zero attached hydrogens (tertiary/aromatic N) is 2. The first-order valence-electron chi connectivity index (χ1n) is 13.5. The predicted molar refractivity (Wildman–Crippen MR) is 132 cm³/mol. The van der Waals surface area contributed by atoms with Gasteiger partial charge in [0.1, 0.15) is 9.35 Å². The SMILES string of the molecule is [2H]C1([2H])Oc2cc3c(cc2O1)[C@@H](c1ccc(N[C@H]2CCN(CCCF)C2)cc1)N(CC(F)(F)CO)[C@H](C)C3. The van der Waals surface area contributed by atoms with E-state index in [-0.39, 0.29) is 24.5 Å². The van der Waals surface area contributed by atoms with Gasteiger partial charge in [-0.05, 0) is 67.1 Å². The predicted octanol–water partition coefficient (Wildman–Crippen LogP) is 4.22. The molecular weight excluding hydrogens is 471 g/mol. The third-order valence-electron chi connectivity index (χ3n) is 7.34. The summed E-state index contributed by atoms with van der Waals surface area (Å²) in [5, 5.41) is 12.8. The van der Waals surface area contributed by atoms with Gasteiger partial charge in [0.2, 0.25) is 6.75 Å². The zero-order valence-electron chi connectivity index (χ0n) is 22.4. The van der Waals surface area contributed by atoms with E-state index >= 15 is 0 Å². The van der Waals surface area contributed by atoms with E-state index < -0.39 is 31.9 Å². The summed E-state index contributed by atoms with van der Waals surface area (Å²) in [6.07, 6.45) is 1.97. The van der Waals surface area contributed by atoms with Crippen LogP contribution < -0.4 is 14.8 Å². The van der Waals surface area contributed by atoms with Crippen molar-refractivity contribution in [2.75, 3.05) is 51.5 Å². The van der Waals surface area contributed by atoms with Crippen molar-refractivity contribution in [2.45, 2.75) is 50.2 Å². The minimum absolute atomic E-state index is 0.235. The number of halogens is 3. The number of aliphatic hydroxyl groups excluding tert-OH is 1. The number of hydrogen-bond donors (Lipinski definition) is 2. The number of hydrogen-bond acceptors (Lipinski definition) is 6. The quantitative estimate of drug-likeness (QED) is 0.530. The van der Waals surface area contributed by atoms with Crippen LogP contribution in [0.25, 0.3) is 0 Å². The molecule has 0 aromatic heterocycles. The van der Waals surface area contributed by atoms with Crippen molar-refractivity contribution in [3.8, 4) is 11.5 Å². The van der Waals surface area contributed by atoms with Gasteiger partial charge < -0.3 is 24.8 Å². The highest BCUT2D eigenvalue weighted by Gasteiger charge is 2.41. The molecule has 2 N–H and O–H groups in total. The van der Waals surface area contributed by atoms with Crippen LogP contribution in [0.2, 0.25) is 0 Å². The van der Waals surface area contributed by atoms with E-state index in [9.17, 15) is 18.3 Å². The summed E-state index contributed by atoms with van der Waals surface area (Å²) in [6, 6.07) is 10.6. The lowest BCUT2D eigenvalue weighted by atomic mass is 9.84. The second kappa shape index (κ2) is 10.5. The highest BCUT2D eigenvalue weighted by Crippen LogP contribution is 2.45. The molecule has 0 amide bonds. The molecule has 2 aromatic rings. The van der Waals surface area contributed by atoms with Crippen LogP contribution in [-0.4, -0.2) is 79.1 Å². The van der Waals surface area contributed by atoms with Gasteiger partial charge in [-0.25, -0.2) is 8.78 Å². The topological polar surface area (TPSA) is 57.2 Å². The molecule has 0 aliphatic carbocycles. The summed E-state index contributed by atoms with van der Waals surface area (Å²) < 4.78 is 67.7. The second-order valence-electron chi connectivity index (χ2n) is 10.0. The second-order valence-corrected chi connectivity index (χ2v) is 10.0. The number of fused-ring (bicyclic) bond motifs is 2. The average molecular weight is 508 g/mol. The number of aliphatic hydroxyl groups is 1. The zero-order valence-corrected chi connectivity index (χ0v) is 20.4. The molecule has 3 aliphatic heterocycles. The van der Waals surface area contributed by atoms with Crippen molar-refractivity contribution < 1.29 is 30.5 Å². The largest absolute Gasteiger partial charge is 0.454 e. The van der Waals surface area contributed by atoms with Gasteiger partial charge in [0.05, 0.1) is 19.3 Å². The molecule has 2 aromatic carbocycles. The Labute approximate surface area is 212 Å². The van der Waals surface area contributed by atoms with E-state index in [1.54, 1.807) is 17.0 Å². The van der Waals surface area contributed by atoms with Gasteiger partial charge >= 0.3 is 0 Å². The molecule has 196 valence electrons. The number of alkyl halides is 3. The summed E-state index contributed by atoms with van der Waals surface area (Å²) in [5.41, 5.74) is 3.35. The number of anilines is 1. The third-order valence-corrected chi connectivity index (χ3v) is 7.34. The third kappa shape index (κ3) is 5.28. The molecule has 0 saturated carbocycles. The van der Waals surface area contributed by atoms with Crippen LogP contribution in [0.3, 0.4) is 0 Å². The summed E-state index contributed by atoms with van der Waals surface area (Å²) in [5.74, 6) is -2.75. The molecule has 3 heterocycles. The maximum atomic E-state index is 14.5. The number of ether oxygens (including phenoxy) is 2.